The highest BCUT2D eigenvalue weighted by Gasteiger charge is 2.18. The third-order valence-electron chi connectivity index (χ3n) is 6.17. The third kappa shape index (κ3) is 6.72. The summed E-state index contributed by atoms with van der Waals surface area (Å²) in [6.07, 6.45) is 3.10. The molecular weight excluding hydrogens is 434 g/mol. The number of benzene rings is 3. The molecule has 0 saturated heterocycles. The number of nitrogens with one attached hydrogen (secondary N) is 1. The van der Waals surface area contributed by atoms with Crippen molar-refractivity contribution in [2.45, 2.75) is 59.0 Å². The summed E-state index contributed by atoms with van der Waals surface area (Å²) in [5.74, 6) is 1.87. The van der Waals surface area contributed by atoms with Crippen LogP contribution in [0.1, 0.15) is 54.7 Å². The number of carbonyl (C=O) groups is 1. The van der Waals surface area contributed by atoms with E-state index in [0.29, 0.717) is 13.0 Å². The van der Waals surface area contributed by atoms with Crippen molar-refractivity contribution in [2.24, 2.45) is 0 Å². The molecule has 0 spiro atoms. The maximum absolute atomic E-state index is 12.6. The summed E-state index contributed by atoms with van der Waals surface area (Å²) in [5.41, 5.74) is 5.66. The van der Waals surface area contributed by atoms with Gasteiger partial charge in [-0.2, -0.15) is 0 Å². The molecule has 5 heteroatoms. The van der Waals surface area contributed by atoms with Gasteiger partial charge in [-0.15, -0.1) is 0 Å². The molecule has 5 nitrogen and oxygen atoms in total. The summed E-state index contributed by atoms with van der Waals surface area (Å²) >= 11 is 0. The zero-order chi connectivity index (χ0) is 24.6. The number of imidazole rings is 1. The van der Waals surface area contributed by atoms with Crippen molar-refractivity contribution < 1.29 is 9.53 Å². The second-order valence-corrected chi connectivity index (χ2v) is 9.26. The maximum Gasteiger partial charge on any atom is 0.220 e. The molecular formula is C30H35N3O2. The van der Waals surface area contributed by atoms with E-state index in [1.165, 1.54) is 16.7 Å². The van der Waals surface area contributed by atoms with Crippen molar-refractivity contribution in [1.82, 2.24) is 14.9 Å². The number of ether oxygens (including phenoxy) is 1. The van der Waals surface area contributed by atoms with E-state index in [9.17, 15) is 4.79 Å². The molecule has 1 unspecified atom stereocenters. The van der Waals surface area contributed by atoms with Gasteiger partial charge in [0.05, 0.1) is 23.7 Å². The molecule has 1 N–H and O–H groups in total. The summed E-state index contributed by atoms with van der Waals surface area (Å²) in [5, 5.41) is 3.15. The lowest BCUT2D eigenvalue weighted by molar-refractivity contribution is -0.121. The van der Waals surface area contributed by atoms with E-state index in [4.69, 9.17) is 9.72 Å². The number of fused-ring (bicyclic) bond motifs is 1. The molecule has 0 aliphatic rings. The molecule has 1 amide bonds. The Bertz CT molecular complexity index is 1240. The van der Waals surface area contributed by atoms with Gasteiger partial charge in [-0.1, -0.05) is 48.5 Å². The first-order valence-corrected chi connectivity index (χ1v) is 12.5. The molecule has 3 aromatic carbocycles. The minimum atomic E-state index is -0.169. The Labute approximate surface area is 208 Å². The average molecular weight is 470 g/mol. The number of hydrogen-bond acceptors (Lipinski definition) is 3. The summed E-state index contributed by atoms with van der Waals surface area (Å²) in [6.45, 7) is 7.70. The fourth-order valence-electron chi connectivity index (χ4n) is 4.52. The van der Waals surface area contributed by atoms with Crippen LogP contribution in [0.3, 0.4) is 0 Å². The lowest BCUT2D eigenvalue weighted by atomic mass is 10.1. The zero-order valence-corrected chi connectivity index (χ0v) is 21.0. The smallest absolute Gasteiger partial charge is 0.220 e. The summed E-state index contributed by atoms with van der Waals surface area (Å²) in [6, 6.07) is 24.4. The number of rotatable bonds is 11. The Morgan fingerprint density at radius 2 is 1.69 bits per heavy atom. The molecule has 0 aliphatic heterocycles. The van der Waals surface area contributed by atoms with Crippen LogP contribution in [-0.4, -0.2) is 22.1 Å². The van der Waals surface area contributed by atoms with Gasteiger partial charge in [-0.05, 0) is 81.0 Å². The standard InChI is InChI=1S/C30H35N3O2/c1-22-19-23(2)21-26(20-22)35-18-10-9-17-33-28-14-8-7-13-27(28)32-30(33)24(3)31-29(34)16-15-25-11-5-4-6-12-25/h4-8,11-14,19-21,24H,9-10,15-18H2,1-3H3,(H,31,34). The molecule has 0 radical (unpaired) electrons. The molecule has 0 aliphatic carbocycles. The van der Waals surface area contributed by atoms with E-state index in [2.05, 4.69) is 60.1 Å². The first-order valence-electron chi connectivity index (χ1n) is 12.5. The minimum Gasteiger partial charge on any atom is -0.494 e. The van der Waals surface area contributed by atoms with Crippen molar-refractivity contribution >= 4 is 16.9 Å². The van der Waals surface area contributed by atoms with Gasteiger partial charge in [0, 0.05) is 13.0 Å². The van der Waals surface area contributed by atoms with Gasteiger partial charge in [0.1, 0.15) is 11.6 Å². The number of aryl methyl sites for hydroxylation is 4. The summed E-state index contributed by atoms with van der Waals surface area (Å²) < 4.78 is 8.23. The zero-order valence-electron chi connectivity index (χ0n) is 21.0. The van der Waals surface area contributed by atoms with Gasteiger partial charge in [-0.3, -0.25) is 4.79 Å². The number of amides is 1. The van der Waals surface area contributed by atoms with E-state index in [1.807, 2.05) is 43.3 Å². The third-order valence-corrected chi connectivity index (χ3v) is 6.17. The highest BCUT2D eigenvalue weighted by Crippen LogP contribution is 2.22. The minimum absolute atomic E-state index is 0.0433. The maximum atomic E-state index is 12.6. The predicted octanol–water partition coefficient (Wildman–Crippen LogP) is 6.32. The molecule has 35 heavy (non-hydrogen) atoms. The molecule has 182 valence electrons. The van der Waals surface area contributed by atoms with Crippen LogP contribution in [0, 0.1) is 13.8 Å². The van der Waals surface area contributed by atoms with Crippen LogP contribution in [0.15, 0.2) is 72.8 Å². The second kappa shape index (κ2) is 11.7. The largest absolute Gasteiger partial charge is 0.494 e. The van der Waals surface area contributed by atoms with Crippen LogP contribution in [0.25, 0.3) is 11.0 Å². The lowest BCUT2D eigenvalue weighted by Crippen LogP contribution is -2.29. The van der Waals surface area contributed by atoms with E-state index in [-0.39, 0.29) is 11.9 Å². The van der Waals surface area contributed by atoms with Gasteiger partial charge in [0.2, 0.25) is 5.91 Å². The Balaban J connectivity index is 1.35. The van der Waals surface area contributed by atoms with E-state index in [1.54, 1.807) is 0 Å². The number of nitrogens with zero attached hydrogens (tertiary/aromatic N) is 2. The fourth-order valence-corrected chi connectivity index (χ4v) is 4.52. The number of hydrogen-bond donors (Lipinski definition) is 1. The molecule has 0 fully saturated rings. The monoisotopic (exact) mass is 469 g/mol. The van der Waals surface area contributed by atoms with Crippen LogP contribution in [0.2, 0.25) is 0 Å². The van der Waals surface area contributed by atoms with E-state index in [0.717, 1.165) is 48.4 Å². The summed E-state index contributed by atoms with van der Waals surface area (Å²) in [7, 11) is 0. The molecule has 0 bridgehead atoms. The molecule has 0 saturated carbocycles. The van der Waals surface area contributed by atoms with Crippen molar-refractivity contribution in [3.63, 3.8) is 0 Å². The molecule has 1 heterocycles. The first kappa shape index (κ1) is 24.5. The van der Waals surface area contributed by atoms with Crippen molar-refractivity contribution in [3.05, 3.63) is 95.3 Å². The van der Waals surface area contributed by atoms with Gasteiger partial charge in [0.25, 0.3) is 0 Å². The molecule has 1 aromatic heterocycles. The van der Waals surface area contributed by atoms with E-state index < -0.39 is 0 Å². The molecule has 1 atom stereocenters. The van der Waals surface area contributed by atoms with E-state index >= 15 is 0 Å². The van der Waals surface area contributed by atoms with Crippen molar-refractivity contribution in [3.8, 4) is 5.75 Å². The van der Waals surface area contributed by atoms with Crippen LogP contribution in [-0.2, 0) is 17.8 Å². The first-order chi connectivity index (χ1) is 17.0. The van der Waals surface area contributed by atoms with Crippen molar-refractivity contribution in [2.75, 3.05) is 6.61 Å². The highest BCUT2D eigenvalue weighted by molar-refractivity contribution is 5.78. The van der Waals surface area contributed by atoms with Crippen LogP contribution in [0.4, 0.5) is 0 Å². The number of carbonyl (C=O) groups excluding carboxylic acids is 1. The number of para-hydroxylation sites is 2. The normalized spacial score (nSPS) is 12.0. The Hall–Kier alpha value is -3.60. The topological polar surface area (TPSA) is 56.1 Å². The average Bonchev–Trinajstić information content (AvgIpc) is 3.21. The Kier molecular flexibility index (Phi) is 8.19. The van der Waals surface area contributed by atoms with Gasteiger partial charge in [0.15, 0.2) is 0 Å². The van der Waals surface area contributed by atoms with Crippen LogP contribution >= 0.6 is 0 Å². The number of unbranched alkanes of at least 4 members (excludes halogenated alkanes) is 1. The Morgan fingerprint density at radius 3 is 2.46 bits per heavy atom. The second-order valence-electron chi connectivity index (χ2n) is 9.26. The predicted molar refractivity (Wildman–Crippen MR) is 142 cm³/mol. The van der Waals surface area contributed by atoms with Gasteiger partial charge < -0.3 is 14.6 Å². The van der Waals surface area contributed by atoms with Crippen molar-refractivity contribution in [1.29, 1.82) is 0 Å². The van der Waals surface area contributed by atoms with Gasteiger partial charge in [-0.25, -0.2) is 4.98 Å². The SMILES string of the molecule is Cc1cc(C)cc(OCCCCn2c(C(C)NC(=O)CCc3ccccc3)nc3ccccc32)c1. The molecule has 4 rings (SSSR count). The van der Waals surface area contributed by atoms with Crippen LogP contribution < -0.4 is 10.1 Å². The van der Waals surface area contributed by atoms with Gasteiger partial charge >= 0.3 is 0 Å². The Morgan fingerprint density at radius 1 is 0.971 bits per heavy atom. The highest BCUT2D eigenvalue weighted by atomic mass is 16.5. The fraction of sp³-hybridized carbons (Fsp3) is 0.333. The summed E-state index contributed by atoms with van der Waals surface area (Å²) in [4.78, 5) is 17.5. The quantitative estimate of drug-likeness (QED) is 0.261. The lowest BCUT2D eigenvalue weighted by Gasteiger charge is -2.17. The number of aromatic nitrogens is 2. The molecule has 4 aromatic rings. The van der Waals surface area contributed by atoms with Crippen LogP contribution in [0.5, 0.6) is 5.75 Å².